The molecule has 12 heavy (non-hydrogen) atoms. The molecule has 0 aromatic rings. The van der Waals surface area contributed by atoms with Crippen LogP contribution in [-0.2, 0) is 9.53 Å². The summed E-state index contributed by atoms with van der Waals surface area (Å²) in [6, 6.07) is 0. The van der Waals surface area contributed by atoms with Crippen LogP contribution >= 0.6 is 0 Å². The lowest BCUT2D eigenvalue weighted by molar-refractivity contribution is -0.144. The molecule has 72 valence electrons. The van der Waals surface area contributed by atoms with E-state index in [1.54, 1.807) is 0 Å². The molecular weight excluding hydrogens is 163 g/mol. The third-order valence-electron chi connectivity index (χ3n) is 1.17. The molecule has 0 heterocycles. The number of carboxylic acid groups (broad SMARTS) is 1. The number of rotatable bonds is 4. The minimum Gasteiger partial charge on any atom is -0.479 e. The summed E-state index contributed by atoms with van der Waals surface area (Å²) in [5, 5.41) is 8.18. The minimum atomic E-state index is -1.81. The summed E-state index contributed by atoms with van der Waals surface area (Å²) in [5.41, 5.74) is -0.335. The summed E-state index contributed by atoms with van der Waals surface area (Å²) in [6.07, 6.45) is -1.90. The zero-order chi connectivity index (χ0) is 9.78. The molecule has 0 unspecified atom stereocenters. The van der Waals surface area contributed by atoms with Crippen molar-refractivity contribution < 1.29 is 19.0 Å². The Morgan fingerprint density at radius 3 is 2.42 bits per heavy atom. The molecule has 0 saturated carbocycles. The van der Waals surface area contributed by atoms with Gasteiger partial charge in [-0.3, -0.25) is 0 Å². The molecule has 0 amide bonds. The number of carbonyl (C=O) groups is 1. The molecule has 0 aliphatic rings. The van der Waals surface area contributed by atoms with Gasteiger partial charge in [0.2, 0.25) is 0 Å². The molecule has 0 spiro atoms. The van der Waals surface area contributed by atoms with Crippen LogP contribution in [-0.4, -0.2) is 29.5 Å². The van der Waals surface area contributed by atoms with Crippen molar-refractivity contribution in [2.75, 3.05) is 6.61 Å². The summed E-state index contributed by atoms with van der Waals surface area (Å²) in [4.78, 5) is 10.0. The van der Waals surface area contributed by atoms with Crippen molar-refractivity contribution in [3.8, 4) is 0 Å². The van der Waals surface area contributed by atoms with E-state index < -0.39 is 12.1 Å². The highest BCUT2D eigenvalue weighted by Crippen LogP contribution is 2.08. The van der Waals surface area contributed by atoms with Gasteiger partial charge < -0.3 is 9.84 Å². The third kappa shape index (κ3) is 6.09. The number of halogens is 1. The van der Waals surface area contributed by atoms with Gasteiger partial charge in [-0.05, 0) is 20.8 Å². The van der Waals surface area contributed by atoms with E-state index in [9.17, 15) is 9.18 Å². The predicted octanol–water partition coefficient (Wildman–Crippen LogP) is 1.61. The van der Waals surface area contributed by atoms with Crippen LogP contribution in [0, 0.1) is 0 Å². The molecule has 0 bridgehead atoms. The Balaban J connectivity index is 3.51. The number of ether oxygens (including phenoxy) is 1. The van der Waals surface area contributed by atoms with Crippen molar-refractivity contribution in [1.29, 1.82) is 0 Å². The van der Waals surface area contributed by atoms with E-state index in [1.165, 1.54) is 0 Å². The smallest absolute Gasteiger partial charge is 0.338 e. The van der Waals surface area contributed by atoms with Crippen molar-refractivity contribution in [2.24, 2.45) is 0 Å². The first-order valence-electron chi connectivity index (χ1n) is 3.84. The standard InChI is InChI=1S/C8H15FO3/c1-8(2,3)12-5-4-6(9)7(10)11/h6H,4-5H2,1-3H3,(H,10,11)/t6-/m1/s1. The number of hydrogen-bond donors (Lipinski definition) is 1. The largest absolute Gasteiger partial charge is 0.479 e. The molecular formula is C8H15FO3. The van der Waals surface area contributed by atoms with Gasteiger partial charge in [0.1, 0.15) is 0 Å². The fourth-order valence-electron chi connectivity index (χ4n) is 0.592. The maximum atomic E-state index is 12.4. The number of alkyl halides is 1. The average molecular weight is 178 g/mol. The molecule has 0 aliphatic carbocycles. The molecule has 0 rings (SSSR count). The summed E-state index contributed by atoms with van der Waals surface area (Å²) in [6.45, 7) is 5.64. The molecule has 4 heteroatoms. The second kappa shape index (κ2) is 4.40. The molecule has 1 atom stereocenters. The van der Waals surface area contributed by atoms with E-state index in [4.69, 9.17) is 9.84 Å². The van der Waals surface area contributed by atoms with Crippen molar-refractivity contribution >= 4 is 5.97 Å². The van der Waals surface area contributed by atoms with Gasteiger partial charge in [0.15, 0.2) is 6.17 Å². The van der Waals surface area contributed by atoms with E-state index in [1.807, 2.05) is 20.8 Å². The Kier molecular flexibility index (Phi) is 4.17. The van der Waals surface area contributed by atoms with Crippen molar-refractivity contribution in [1.82, 2.24) is 0 Å². The minimum absolute atomic E-state index is 0.0907. The fourth-order valence-corrected chi connectivity index (χ4v) is 0.592. The third-order valence-corrected chi connectivity index (χ3v) is 1.17. The van der Waals surface area contributed by atoms with Gasteiger partial charge in [-0.25, -0.2) is 9.18 Å². The molecule has 0 aromatic carbocycles. The van der Waals surface area contributed by atoms with Crippen LogP contribution in [0.1, 0.15) is 27.2 Å². The van der Waals surface area contributed by atoms with Gasteiger partial charge in [0.05, 0.1) is 12.2 Å². The number of aliphatic carboxylic acids is 1. The Labute approximate surface area is 71.5 Å². The number of hydrogen-bond acceptors (Lipinski definition) is 2. The van der Waals surface area contributed by atoms with Gasteiger partial charge in [-0.15, -0.1) is 0 Å². The first-order chi connectivity index (χ1) is 5.33. The van der Waals surface area contributed by atoms with E-state index in [0.29, 0.717) is 0 Å². The van der Waals surface area contributed by atoms with E-state index in [0.717, 1.165) is 0 Å². The lowest BCUT2D eigenvalue weighted by Crippen LogP contribution is -2.23. The Morgan fingerprint density at radius 1 is 1.58 bits per heavy atom. The molecule has 0 fully saturated rings. The second-order valence-electron chi connectivity index (χ2n) is 3.56. The maximum absolute atomic E-state index is 12.4. The summed E-state index contributed by atoms with van der Waals surface area (Å²) >= 11 is 0. The van der Waals surface area contributed by atoms with Gasteiger partial charge in [0, 0.05) is 6.42 Å². The summed E-state index contributed by atoms with van der Waals surface area (Å²) in [5.74, 6) is -1.42. The molecule has 0 aliphatic heterocycles. The lowest BCUT2D eigenvalue weighted by atomic mass is 10.2. The SMILES string of the molecule is CC(C)(C)OCC[C@@H](F)C(=O)O. The van der Waals surface area contributed by atoms with Gasteiger partial charge in [-0.1, -0.05) is 0 Å². The van der Waals surface area contributed by atoms with Crippen LogP contribution < -0.4 is 0 Å². The van der Waals surface area contributed by atoms with Crippen LogP contribution in [0.15, 0.2) is 0 Å². The van der Waals surface area contributed by atoms with Crippen LogP contribution in [0.5, 0.6) is 0 Å². The first-order valence-corrected chi connectivity index (χ1v) is 3.84. The first kappa shape index (κ1) is 11.4. The number of carboxylic acids is 1. The lowest BCUT2D eigenvalue weighted by Gasteiger charge is -2.19. The highest BCUT2D eigenvalue weighted by molar-refractivity contribution is 5.71. The zero-order valence-electron chi connectivity index (χ0n) is 7.63. The quantitative estimate of drug-likeness (QED) is 0.711. The van der Waals surface area contributed by atoms with E-state index in [2.05, 4.69) is 0 Å². The summed E-state index contributed by atoms with van der Waals surface area (Å²) < 4.78 is 17.6. The Bertz CT molecular complexity index is 151. The second-order valence-corrected chi connectivity index (χ2v) is 3.56. The monoisotopic (exact) mass is 178 g/mol. The maximum Gasteiger partial charge on any atom is 0.338 e. The van der Waals surface area contributed by atoms with Crippen molar-refractivity contribution in [3.63, 3.8) is 0 Å². The normalized spacial score (nSPS) is 14.3. The Morgan fingerprint density at radius 2 is 2.08 bits per heavy atom. The van der Waals surface area contributed by atoms with Crippen LogP contribution in [0.2, 0.25) is 0 Å². The van der Waals surface area contributed by atoms with Gasteiger partial charge in [-0.2, -0.15) is 0 Å². The highest BCUT2D eigenvalue weighted by Gasteiger charge is 2.17. The van der Waals surface area contributed by atoms with E-state index >= 15 is 0 Å². The van der Waals surface area contributed by atoms with E-state index in [-0.39, 0.29) is 18.6 Å². The van der Waals surface area contributed by atoms with Crippen LogP contribution in [0.25, 0.3) is 0 Å². The summed E-state index contributed by atoms with van der Waals surface area (Å²) in [7, 11) is 0. The van der Waals surface area contributed by atoms with Gasteiger partial charge in [0.25, 0.3) is 0 Å². The zero-order valence-corrected chi connectivity index (χ0v) is 7.63. The molecule has 3 nitrogen and oxygen atoms in total. The molecule has 1 N–H and O–H groups in total. The average Bonchev–Trinajstić information content (AvgIpc) is 1.84. The van der Waals surface area contributed by atoms with Crippen LogP contribution in [0.3, 0.4) is 0 Å². The predicted molar refractivity (Wildman–Crippen MR) is 42.9 cm³/mol. The van der Waals surface area contributed by atoms with Crippen molar-refractivity contribution in [3.05, 3.63) is 0 Å². The molecule has 0 saturated heterocycles. The van der Waals surface area contributed by atoms with Crippen molar-refractivity contribution in [2.45, 2.75) is 39.0 Å². The highest BCUT2D eigenvalue weighted by atomic mass is 19.1. The van der Waals surface area contributed by atoms with Gasteiger partial charge >= 0.3 is 5.97 Å². The van der Waals surface area contributed by atoms with Crippen LogP contribution in [0.4, 0.5) is 4.39 Å². The topological polar surface area (TPSA) is 46.5 Å². The molecule has 0 aromatic heterocycles. The molecule has 0 radical (unpaired) electrons. The fraction of sp³-hybridized carbons (Fsp3) is 0.875. The Hall–Kier alpha value is -0.640.